The molecule has 2 heterocycles. The Hall–Kier alpha value is -1.81. The second-order valence-electron chi connectivity index (χ2n) is 4.25. The first-order valence-corrected chi connectivity index (χ1v) is 5.69. The first-order valence-electron chi connectivity index (χ1n) is 5.69. The van der Waals surface area contributed by atoms with Gasteiger partial charge in [0.05, 0.1) is 13.2 Å². The zero-order valence-corrected chi connectivity index (χ0v) is 9.60. The maximum Gasteiger partial charge on any atom is 0.313 e. The molecule has 0 bridgehead atoms. The van der Waals surface area contributed by atoms with Gasteiger partial charge in [0, 0.05) is 5.39 Å². The van der Waals surface area contributed by atoms with Gasteiger partial charge in [0.2, 0.25) is 0 Å². The fourth-order valence-electron chi connectivity index (χ4n) is 2.00. The second-order valence-corrected chi connectivity index (χ2v) is 4.25. The summed E-state index contributed by atoms with van der Waals surface area (Å²) in [6, 6.07) is 7.62. The highest BCUT2D eigenvalue weighted by molar-refractivity contribution is 5.95. The monoisotopic (exact) mass is 231 g/mol. The normalized spacial score (nSPS) is 15.7. The van der Waals surface area contributed by atoms with E-state index in [0.717, 1.165) is 23.0 Å². The molecule has 0 radical (unpaired) electrons. The summed E-state index contributed by atoms with van der Waals surface area (Å²) in [7, 11) is 0. The predicted molar refractivity (Wildman–Crippen MR) is 62.6 cm³/mol. The molecule has 2 aromatic rings. The number of nitrogens with zero attached hydrogens (tertiary/aromatic N) is 1. The Morgan fingerprint density at radius 1 is 1.35 bits per heavy atom. The smallest absolute Gasteiger partial charge is 0.313 e. The molecule has 88 valence electrons. The van der Waals surface area contributed by atoms with Crippen LogP contribution in [0.3, 0.4) is 0 Å². The lowest BCUT2D eigenvalue weighted by atomic mass is 10.2. The van der Waals surface area contributed by atoms with Crippen LogP contribution in [0.5, 0.6) is 0 Å². The van der Waals surface area contributed by atoms with Gasteiger partial charge in [-0.25, -0.2) is 5.06 Å². The van der Waals surface area contributed by atoms with Gasteiger partial charge in [-0.3, -0.25) is 9.63 Å². The van der Waals surface area contributed by atoms with Crippen LogP contribution in [0.2, 0.25) is 0 Å². The Morgan fingerprint density at radius 3 is 3.00 bits per heavy atom. The molecule has 1 aromatic carbocycles. The molecule has 1 fully saturated rings. The molecule has 0 saturated carbocycles. The second kappa shape index (κ2) is 3.89. The first-order chi connectivity index (χ1) is 8.24. The summed E-state index contributed by atoms with van der Waals surface area (Å²) < 4.78 is 5.53. The Balaban J connectivity index is 1.97. The Kier molecular flexibility index (Phi) is 2.37. The van der Waals surface area contributed by atoms with Crippen LogP contribution < -0.4 is 0 Å². The van der Waals surface area contributed by atoms with Crippen LogP contribution in [0.1, 0.15) is 22.5 Å². The van der Waals surface area contributed by atoms with Crippen LogP contribution in [0.4, 0.5) is 0 Å². The minimum atomic E-state index is -0.198. The average Bonchev–Trinajstić information content (AvgIpc) is 2.96. The molecule has 1 amide bonds. The van der Waals surface area contributed by atoms with Gasteiger partial charge in [-0.1, -0.05) is 11.6 Å². The summed E-state index contributed by atoms with van der Waals surface area (Å²) >= 11 is 0. The molecule has 1 aliphatic rings. The number of benzene rings is 1. The molecule has 0 spiro atoms. The summed E-state index contributed by atoms with van der Waals surface area (Å²) in [5.41, 5.74) is 1.88. The molecule has 0 aliphatic carbocycles. The third-order valence-corrected chi connectivity index (χ3v) is 2.86. The third-order valence-electron chi connectivity index (χ3n) is 2.86. The lowest BCUT2D eigenvalue weighted by Gasteiger charge is -2.10. The zero-order valence-electron chi connectivity index (χ0n) is 9.60. The minimum Gasteiger partial charge on any atom is -0.451 e. The van der Waals surface area contributed by atoms with Gasteiger partial charge in [0.15, 0.2) is 5.76 Å². The minimum absolute atomic E-state index is 0.198. The van der Waals surface area contributed by atoms with Crippen molar-refractivity contribution in [1.29, 1.82) is 0 Å². The number of hydrogen-bond donors (Lipinski definition) is 0. The third kappa shape index (κ3) is 1.80. The standard InChI is InChI=1S/C13H13NO3/c1-9-3-4-11-10(7-9)8-12(17-11)13(15)14-5-2-6-16-14/h3-4,7-8H,2,5-6H2,1H3. The van der Waals surface area contributed by atoms with E-state index in [2.05, 4.69) is 0 Å². The van der Waals surface area contributed by atoms with Gasteiger partial charge in [0.1, 0.15) is 5.58 Å². The maximum absolute atomic E-state index is 12.0. The summed E-state index contributed by atoms with van der Waals surface area (Å²) in [6.45, 7) is 3.25. The van der Waals surface area contributed by atoms with E-state index in [9.17, 15) is 4.79 Å². The van der Waals surface area contributed by atoms with Crippen LogP contribution >= 0.6 is 0 Å². The van der Waals surface area contributed by atoms with Crippen LogP contribution in [0, 0.1) is 6.92 Å². The number of rotatable bonds is 1. The number of carbonyl (C=O) groups is 1. The van der Waals surface area contributed by atoms with Gasteiger partial charge in [-0.2, -0.15) is 0 Å². The van der Waals surface area contributed by atoms with Crippen molar-refractivity contribution in [2.45, 2.75) is 13.3 Å². The molecular weight excluding hydrogens is 218 g/mol. The molecule has 4 nitrogen and oxygen atoms in total. The van der Waals surface area contributed by atoms with E-state index in [-0.39, 0.29) is 5.91 Å². The summed E-state index contributed by atoms with van der Waals surface area (Å²) in [5.74, 6) is 0.142. The first kappa shape index (κ1) is 10.4. The van der Waals surface area contributed by atoms with Crippen molar-refractivity contribution in [1.82, 2.24) is 5.06 Å². The Bertz CT molecular complexity index is 567. The van der Waals surface area contributed by atoms with Crippen molar-refractivity contribution in [3.05, 3.63) is 35.6 Å². The highest BCUT2D eigenvalue weighted by Crippen LogP contribution is 2.22. The van der Waals surface area contributed by atoms with E-state index >= 15 is 0 Å². The Morgan fingerprint density at radius 2 is 2.24 bits per heavy atom. The quantitative estimate of drug-likeness (QED) is 0.757. The number of fused-ring (bicyclic) bond motifs is 1. The van der Waals surface area contributed by atoms with E-state index in [4.69, 9.17) is 9.25 Å². The van der Waals surface area contributed by atoms with E-state index in [1.807, 2.05) is 25.1 Å². The molecule has 0 unspecified atom stereocenters. The fourth-order valence-corrected chi connectivity index (χ4v) is 2.00. The molecule has 1 aliphatic heterocycles. The van der Waals surface area contributed by atoms with Crippen molar-refractivity contribution < 1.29 is 14.0 Å². The van der Waals surface area contributed by atoms with Crippen molar-refractivity contribution >= 4 is 16.9 Å². The maximum atomic E-state index is 12.0. The topological polar surface area (TPSA) is 42.7 Å². The van der Waals surface area contributed by atoms with Gasteiger partial charge in [-0.15, -0.1) is 0 Å². The van der Waals surface area contributed by atoms with Crippen molar-refractivity contribution in [3.8, 4) is 0 Å². The number of carbonyl (C=O) groups excluding carboxylic acids is 1. The number of amides is 1. The number of aryl methyl sites for hydroxylation is 1. The van der Waals surface area contributed by atoms with Crippen molar-refractivity contribution in [2.75, 3.05) is 13.2 Å². The predicted octanol–water partition coefficient (Wildman–Crippen LogP) is 2.52. The van der Waals surface area contributed by atoms with Gasteiger partial charge >= 0.3 is 5.91 Å². The molecule has 1 saturated heterocycles. The molecule has 1 aromatic heterocycles. The lowest BCUT2D eigenvalue weighted by Crippen LogP contribution is -2.25. The molecule has 4 heteroatoms. The largest absolute Gasteiger partial charge is 0.451 e. The van der Waals surface area contributed by atoms with E-state index in [1.54, 1.807) is 6.07 Å². The van der Waals surface area contributed by atoms with E-state index in [1.165, 1.54) is 5.06 Å². The Labute approximate surface area is 98.7 Å². The van der Waals surface area contributed by atoms with Crippen LogP contribution in [-0.2, 0) is 4.84 Å². The summed E-state index contributed by atoms with van der Waals surface area (Å²) in [5, 5.41) is 2.32. The summed E-state index contributed by atoms with van der Waals surface area (Å²) in [6.07, 6.45) is 0.880. The highest BCUT2D eigenvalue weighted by Gasteiger charge is 2.23. The molecule has 3 rings (SSSR count). The molecule has 17 heavy (non-hydrogen) atoms. The van der Waals surface area contributed by atoms with E-state index in [0.29, 0.717) is 18.9 Å². The molecule has 0 atom stereocenters. The van der Waals surface area contributed by atoms with Crippen LogP contribution in [-0.4, -0.2) is 24.1 Å². The molecular formula is C13H13NO3. The summed E-state index contributed by atoms with van der Waals surface area (Å²) in [4.78, 5) is 17.2. The zero-order chi connectivity index (χ0) is 11.8. The van der Waals surface area contributed by atoms with Crippen LogP contribution in [0.25, 0.3) is 11.0 Å². The van der Waals surface area contributed by atoms with Crippen molar-refractivity contribution in [2.24, 2.45) is 0 Å². The van der Waals surface area contributed by atoms with Crippen LogP contribution in [0.15, 0.2) is 28.7 Å². The van der Waals surface area contributed by atoms with Gasteiger partial charge in [0.25, 0.3) is 0 Å². The van der Waals surface area contributed by atoms with Crippen molar-refractivity contribution in [3.63, 3.8) is 0 Å². The average molecular weight is 231 g/mol. The lowest BCUT2D eigenvalue weighted by molar-refractivity contribution is -0.0783. The van der Waals surface area contributed by atoms with E-state index < -0.39 is 0 Å². The molecule has 0 N–H and O–H groups in total. The number of hydroxylamine groups is 2. The van der Waals surface area contributed by atoms with Gasteiger partial charge in [-0.05, 0) is 31.5 Å². The SMILES string of the molecule is Cc1ccc2oc(C(=O)N3CCCO3)cc2c1. The number of hydrogen-bond acceptors (Lipinski definition) is 3. The number of furan rings is 1. The van der Waals surface area contributed by atoms with Gasteiger partial charge < -0.3 is 4.42 Å². The fraction of sp³-hybridized carbons (Fsp3) is 0.308. The highest BCUT2D eigenvalue weighted by atomic mass is 16.7.